The third kappa shape index (κ3) is 5.05. The molecule has 6 heteroatoms. The highest BCUT2D eigenvalue weighted by molar-refractivity contribution is 7.14. The summed E-state index contributed by atoms with van der Waals surface area (Å²) in [6.07, 6.45) is 11.9. The molecule has 0 amide bonds. The normalized spacial score (nSPS) is 11.3. The summed E-state index contributed by atoms with van der Waals surface area (Å²) >= 11 is 0.986. The number of furan rings is 1. The second-order valence-electron chi connectivity index (χ2n) is 7.49. The molecule has 1 aromatic carbocycles. The lowest BCUT2D eigenvalue weighted by Crippen LogP contribution is -1.89. The van der Waals surface area contributed by atoms with Crippen LogP contribution in [0.15, 0.2) is 53.2 Å². The Morgan fingerprint density at radius 2 is 1.93 bits per heavy atom. The number of anilines is 2. The molecule has 0 bridgehead atoms. The number of nitrogens with one attached hydrogen (secondary N) is 1. The van der Waals surface area contributed by atoms with Gasteiger partial charge in [-0.25, -0.2) is 4.98 Å². The van der Waals surface area contributed by atoms with E-state index >= 15 is 0 Å². The van der Waals surface area contributed by atoms with Gasteiger partial charge in [0.1, 0.15) is 17.0 Å². The summed E-state index contributed by atoms with van der Waals surface area (Å²) in [6.45, 7) is 2.24. The molecule has 0 atom stereocenters. The van der Waals surface area contributed by atoms with E-state index in [-0.39, 0.29) is 5.13 Å². The van der Waals surface area contributed by atoms with E-state index < -0.39 is 0 Å². The van der Waals surface area contributed by atoms with Gasteiger partial charge in [0.15, 0.2) is 5.13 Å². The van der Waals surface area contributed by atoms with E-state index in [2.05, 4.69) is 28.3 Å². The number of hydrogen-bond donors (Lipinski definition) is 1. The summed E-state index contributed by atoms with van der Waals surface area (Å²) in [6, 6.07) is 11.6. The van der Waals surface area contributed by atoms with Gasteiger partial charge in [0, 0.05) is 41.5 Å². The van der Waals surface area contributed by atoms with Crippen LogP contribution >= 0.6 is 11.3 Å². The smallest absolute Gasteiger partial charge is 0.206 e. The van der Waals surface area contributed by atoms with Crippen LogP contribution in [-0.4, -0.2) is 9.97 Å². The molecular formula is C24H26FN3OS. The van der Waals surface area contributed by atoms with Crippen molar-refractivity contribution in [3.05, 3.63) is 59.7 Å². The van der Waals surface area contributed by atoms with Crippen LogP contribution in [-0.2, 0) is 6.42 Å². The molecule has 4 rings (SSSR count). The molecular weight excluding hydrogens is 397 g/mol. The average Bonchev–Trinajstić information content (AvgIpc) is 3.33. The number of hydrogen-bond acceptors (Lipinski definition) is 5. The predicted molar refractivity (Wildman–Crippen MR) is 122 cm³/mol. The maximum absolute atomic E-state index is 14.3. The maximum Gasteiger partial charge on any atom is 0.206 e. The maximum atomic E-state index is 14.3. The van der Waals surface area contributed by atoms with Crippen molar-refractivity contribution in [2.45, 2.75) is 51.9 Å². The zero-order valence-electron chi connectivity index (χ0n) is 17.2. The van der Waals surface area contributed by atoms with E-state index in [1.807, 2.05) is 18.2 Å². The summed E-state index contributed by atoms with van der Waals surface area (Å²) in [7, 11) is 0. The average molecular weight is 424 g/mol. The minimum atomic E-state index is -0.328. The van der Waals surface area contributed by atoms with Crippen LogP contribution < -0.4 is 5.32 Å². The van der Waals surface area contributed by atoms with Gasteiger partial charge in [-0.15, -0.1) is 0 Å². The number of nitrogens with zero attached hydrogens (tertiary/aromatic N) is 2. The first-order valence-corrected chi connectivity index (χ1v) is 11.4. The van der Waals surface area contributed by atoms with E-state index in [1.54, 1.807) is 24.5 Å². The topological polar surface area (TPSA) is 51.0 Å². The number of pyridine rings is 1. The lowest BCUT2D eigenvalue weighted by atomic mass is 10.1. The van der Waals surface area contributed by atoms with Gasteiger partial charge in [-0.05, 0) is 36.8 Å². The van der Waals surface area contributed by atoms with Crippen molar-refractivity contribution in [1.82, 2.24) is 9.97 Å². The molecule has 0 saturated heterocycles. The Balaban J connectivity index is 1.40. The van der Waals surface area contributed by atoms with Crippen LogP contribution in [0.25, 0.3) is 22.2 Å². The summed E-state index contributed by atoms with van der Waals surface area (Å²) in [5.74, 6) is 1.02. The van der Waals surface area contributed by atoms with Crippen molar-refractivity contribution in [3.63, 3.8) is 0 Å². The minimum Gasteiger partial charge on any atom is -0.461 e. The quantitative estimate of drug-likeness (QED) is 0.265. The Labute approximate surface area is 180 Å². The van der Waals surface area contributed by atoms with Crippen molar-refractivity contribution in [2.75, 3.05) is 5.32 Å². The third-order valence-corrected chi connectivity index (χ3v) is 5.88. The Morgan fingerprint density at radius 3 is 2.77 bits per heavy atom. The monoisotopic (exact) mass is 423 g/mol. The van der Waals surface area contributed by atoms with Crippen molar-refractivity contribution in [1.29, 1.82) is 0 Å². The number of halogens is 1. The van der Waals surface area contributed by atoms with Gasteiger partial charge in [0.05, 0.1) is 0 Å². The fraction of sp³-hybridized carbons (Fsp3) is 0.333. The van der Waals surface area contributed by atoms with Crippen LogP contribution in [0.5, 0.6) is 0 Å². The minimum absolute atomic E-state index is 0.316. The SMILES string of the molecule is CCCCCCCCc1cc2ccc(Nc3nc(-c4cccnc4)c(F)s3)cc2o1. The van der Waals surface area contributed by atoms with Gasteiger partial charge in [0.25, 0.3) is 0 Å². The summed E-state index contributed by atoms with van der Waals surface area (Å²) < 4.78 is 20.4. The number of thiazole rings is 1. The van der Waals surface area contributed by atoms with Crippen LogP contribution in [0.1, 0.15) is 51.2 Å². The number of aromatic nitrogens is 2. The lowest BCUT2D eigenvalue weighted by Gasteiger charge is -2.01. The van der Waals surface area contributed by atoms with Crippen LogP contribution in [0.4, 0.5) is 15.2 Å². The largest absolute Gasteiger partial charge is 0.461 e. The van der Waals surface area contributed by atoms with E-state index in [0.717, 1.165) is 46.6 Å². The van der Waals surface area contributed by atoms with Crippen molar-refractivity contribution < 1.29 is 8.81 Å². The number of aryl methyl sites for hydroxylation is 1. The van der Waals surface area contributed by atoms with Gasteiger partial charge in [0.2, 0.25) is 5.13 Å². The van der Waals surface area contributed by atoms with Gasteiger partial charge in [-0.2, -0.15) is 4.39 Å². The van der Waals surface area contributed by atoms with Crippen molar-refractivity contribution in [2.24, 2.45) is 0 Å². The van der Waals surface area contributed by atoms with Crippen LogP contribution in [0, 0.1) is 5.13 Å². The van der Waals surface area contributed by atoms with Crippen LogP contribution in [0.3, 0.4) is 0 Å². The Hall–Kier alpha value is -2.73. The fourth-order valence-corrected chi connectivity index (χ4v) is 4.26. The molecule has 0 spiro atoms. The highest BCUT2D eigenvalue weighted by atomic mass is 32.1. The number of fused-ring (bicyclic) bond motifs is 1. The zero-order chi connectivity index (χ0) is 20.8. The second-order valence-corrected chi connectivity index (χ2v) is 8.44. The Kier molecular flexibility index (Phi) is 6.74. The molecule has 30 heavy (non-hydrogen) atoms. The molecule has 0 fully saturated rings. The summed E-state index contributed by atoms with van der Waals surface area (Å²) in [4.78, 5) is 8.43. The molecule has 4 nitrogen and oxygen atoms in total. The molecule has 0 aliphatic carbocycles. The summed E-state index contributed by atoms with van der Waals surface area (Å²) in [5, 5.41) is 4.46. The molecule has 156 valence electrons. The van der Waals surface area contributed by atoms with Crippen molar-refractivity contribution >= 4 is 33.1 Å². The molecule has 3 heterocycles. The van der Waals surface area contributed by atoms with E-state index in [1.165, 1.54) is 32.1 Å². The highest BCUT2D eigenvalue weighted by Crippen LogP contribution is 2.32. The number of unbranched alkanes of at least 4 members (excludes halogenated alkanes) is 5. The van der Waals surface area contributed by atoms with Gasteiger partial charge >= 0.3 is 0 Å². The fourth-order valence-electron chi connectivity index (χ4n) is 3.53. The zero-order valence-corrected chi connectivity index (χ0v) is 18.0. The van der Waals surface area contributed by atoms with Crippen molar-refractivity contribution in [3.8, 4) is 11.3 Å². The van der Waals surface area contributed by atoms with E-state index in [9.17, 15) is 4.39 Å². The Morgan fingerprint density at radius 1 is 1.07 bits per heavy atom. The predicted octanol–water partition coefficient (Wildman–Crippen LogP) is 7.74. The number of rotatable bonds is 10. The Bertz CT molecular complexity index is 1090. The van der Waals surface area contributed by atoms with Crippen LogP contribution in [0.2, 0.25) is 0 Å². The van der Waals surface area contributed by atoms with E-state index in [4.69, 9.17) is 4.42 Å². The van der Waals surface area contributed by atoms with Gasteiger partial charge in [-0.1, -0.05) is 50.4 Å². The van der Waals surface area contributed by atoms with E-state index in [0.29, 0.717) is 16.4 Å². The molecule has 0 aliphatic rings. The molecule has 0 unspecified atom stereocenters. The molecule has 3 aromatic heterocycles. The third-order valence-electron chi connectivity index (χ3n) is 5.12. The second kappa shape index (κ2) is 9.85. The summed E-state index contributed by atoms with van der Waals surface area (Å²) in [5.41, 5.74) is 2.65. The first kappa shape index (κ1) is 20.5. The molecule has 4 aromatic rings. The molecule has 0 radical (unpaired) electrons. The standard InChI is InChI=1S/C24H26FN3OS/c1-2-3-4-5-6-7-10-20-14-17-11-12-19(15-21(17)29-20)27-24-28-22(23(25)30-24)18-9-8-13-26-16-18/h8-9,11-16H,2-7,10H2,1H3,(H,27,28). The number of benzene rings is 1. The molecule has 0 saturated carbocycles. The van der Waals surface area contributed by atoms with Gasteiger partial charge < -0.3 is 9.73 Å². The van der Waals surface area contributed by atoms with Gasteiger partial charge in [-0.3, -0.25) is 4.98 Å². The first-order chi connectivity index (χ1) is 14.7. The first-order valence-electron chi connectivity index (χ1n) is 10.6. The lowest BCUT2D eigenvalue weighted by molar-refractivity contribution is 0.522. The highest BCUT2D eigenvalue weighted by Gasteiger charge is 2.14. The molecule has 1 N–H and O–H groups in total. The molecule has 0 aliphatic heterocycles.